The molecule has 0 amide bonds. The van der Waals surface area contributed by atoms with Crippen LogP contribution in [0.2, 0.25) is 0 Å². The molecule has 0 aliphatic heterocycles. The fraction of sp³-hybridized carbons (Fsp3) is 0.350. The molecule has 0 aliphatic carbocycles. The van der Waals surface area contributed by atoms with Crippen molar-refractivity contribution in [1.82, 2.24) is 25.2 Å². The van der Waals surface area contributed by atoms with Crippen LogP contribution in [0.4, 0.5) is 5.69 Å². The number of nitrogens with zero attached hydrogens (tertiary/aromatic N) is 5. The second kappa shape index (κ2) is 12.8. The van der Waals surface area contributed by atoms with Gasteiger partial charge in [0, 0.05) is 38.1 Å². The number of aromatic nitrogens is 3. The molecule has 3 rings (SSSR count). The van der Waals surface area contributed by atoms with Crippen LogP contribution in [0.5, 0.6) is 0 Å². The SMILES string of the molecule is CCOCCCNC(=NCc1ccc([N+](=O)[O-])cc1)NCc1nnc2ccccn12.I. The van der Waals surface area contributed by atoms with Crippen molar-refractivity contribution in [2.45, 2.75) is 26.4 Å². The van der Waals surface area contributed by atoms with Crippen molar-refractivity contribution >= 4 is 41.3 Å². The molecule has 2 N–H and O–H groups in total. The fourth-order valence-corrected chi connectivity index (χ4v) is 2.77. The van der Waals surface area contributed by atoms with Crippen LogP contribution in [0.3, 0.4) is 0 Å². The van der Waals surface area contributed by atoms with E-state index in [0.29, 0.717) is 38.8 Å². The molecule has 0 saturated heterocycles. The average Bonchev–Trinajstić information content (AvgIpc) is 3.18. The number of nitrogens with one attached hydrogen (secondary N) is 2. The number of fused-ring (bicyclic) bond motifs is 1. The lowest BCUT2D eigenvalue weighted by atomic mass is 10.2. The first-order valence-corrected chi connectivity index (χ1v) is 9.79. The molecule has 0 atom stereocenters. The lowest BCUT2D eigenvalue weighted by Gasteiger charge is -2.12. The Morgan fingerprint density at radius 2 is 2.00 bits per heavy atom. The molecule has 3 aromatic rings. The minimum atomic E-state index is -0.414. The molecule has 0 aliphatic rings. The minimum absolute atomic E-state index is 0. The molecular formula is C20H26IN7O3. The monoisotopic (exact) mass is 539 g/mol. The first kappa shape index (κ1) is 24.5. The number of pyridine rings is 1. The van der Waals surface area contributed by atoms with Crippen molar-refractivity contribution in [1.29, 1.82) is 0 Å². The Bertz CT molecular complexity index is 992. The maximum atomic E-state index is 10.8. The molecule has 0 spiro atoms. The van der Waals surface area contributed by atoms with Gasteiger partial charge in [0.15, 0.2) is 17.4 Å². The number of hydrogen-bond acceptors (Lipinski definition) is 6. The second-order valence-corrected chi connectivity index (χ2v) is 6.46. The van der Waals surface area contributed by atoms with Gasteiger partial charge >= 0.3 is 0 Å². The van der Waals surface area contributed by atoms with Crippen LogP contribution in [0, 0.1) is 10.1 Å². The lowest BCUT2D eigenvalue weighted by molar-refractivity contribution is -0.384. The number of nitro groups is 1. The quantitative estimate of drug-likeness (QED) is 0.102. The van der Waals surface area contributed by atoms with Gasteiger partial charge in [-0.2, -0.15) is 0 Å². The van der Waals surface area contributed by atoms with Gasteiger partial charge in [-0.25, -0.2) is 4.99 Å². The fourth-order valence-electron chi connectivity index (χ4n) is 2.77. The molecule has 10 nitrogen and oxygen atoms in total. The summed E-state index contributed by atoms with van der Waals surface area (Å²) < 4.78 is 7.28. The predicted molar refractivity (Wildman–Crippen MR) is 129 cm³/mol. The largest absolute Gasteiger partial charge is 0.382 e. The van der Waals surface area contributed by atoms with Crippen molar-refractivity contribution in [2.24, 2.45) is 4.99 Å². The molecule has 1 aromatic carbocycles. The zero-order valence-electron chi connectivity index (χ0n) is 17.2. The van der Waals surface area contributed by atoms with Crippen molar-refractivity contribution in [3.63, 3.8) is 0 Å². The van der Waals surface area contributed by atoms with E-state index in [4.69, 9.17) is 4.74 Å². The standard InChI is InChI=1S/C20H25N7O3.HI/c1-2-30-13-5-11-21-20(22-14-16-7-9-17(10-8-16)27(28)29)23-15-19-25-24-18-6-3-4-12-26(18)19;/h3-4,6-10,12H,2,5,11,13-15H2,1H3,(H2,21,22,23);1H. The maximum absolute atomic E-state index is 10.8. The van der Waals surface area contributed by atoms with Crippen LogP contribution < -0.4 is 10.6 Å². The molecule has 2 heterocycles. The number of nitro benzene ring substituents is 1. The third-order valence-electron chi connectivity index (χ3n) is 4.33. The molecule has 2 aromatic heterocycles. The van der Waals surface area contributed by atoms with Crippen LogP contribution in [0.15, 0.2) is 53.7 Å². The number of non-ortho nitro benzene ring substituents is 1. The first-order chi connectivity index (χ1) is 14.7. The van der Waals surface area contributed by atoms with Crippen molar-refractivity contribution < 1.29 is 9.66 Å². The zero-order valence-corrected chi connectivity index (χ0v) is 19.6. The molecule has 11 heteroatoms. The Labute approximate surface area is 197 Å². The molecule has 0 fully saturated rings. The van der Waals surface area contributed by atoms with Gasteiger partial charge in [-0.1, -0.05) is 18.2 Å². The van der Waals surface area contributed by atoms with Crippen molar-refractivity contribution in [2.75, 3.05) is 19.8 Å². The number of guanidine groups is 1. The van der Waals surface area contributed by atoms with Gasteiger partial charge < -0.3 is 15.4 Å². The molecule has 0 saturated carbocycles. The zero-order chi connectivity index (χ0) is 21.2. The van der Waals surface area contributed by atoms with Crippen LogP contribution in [-0.4, -0.2) is 45.2 Å². The third kappa shape index (κ3) is 7.43. The number of aliphatic imine (C=N–C) groups is 1. The van der Waals surface area contributed by atoms with Gasteiger partial charge in [0.1, 0.15) is 0 Å². The number of halogens is 1. The summed E-state index contributed by atoms with van der Waals surface area (Å²) >= 11 is 0. The van der Waals surface area contributed by atoms with E-state index in [1.807, 2.05) is 35.7 Å². The van der Waals surface area contributed by atoms with E-state index >= 15 is 0 Å². The Morgan fingerprint density at radius 3 is 2.74 bits per heavy atom. The topological polar surface area (TPSA) is 119 Å². The van der Waals surface area contributed by atoms with Gasteiger partial charge in [0.2, 0.25) is 0 Å². The van der Waals surface area contributed by atoms with Gasteiger partial charge in [-0.05, 0) is 31.0 Å². The van der Waals surface area contributed by atoms with E-state index in [9.17, 15) is 10.1 Å². The second-order valence-electron chi connectivity index (χ2n) is 6.46. The van der Waals surface area contributed by atoms with E-state index in [0.717, 1.165) is 23.5 Å². The Morgan fingerprint density at radius 1 is 1.19 bits per heavy atom. The summed E-state index contributed by atoms with van der Waals surface area (Å²) in [5.74, 6) is 1.39. The number of rotatable bonds is 10. The predicted octanol–water partition coefficient (Wildman–Crippen LogP) is 2.92. The van der Waals surface area contributed by atoms with Gasteiger partial charge in [-0.15, -0.1) is 34.2 Å². The van der Waals surface area contributed by atoms with Crippen LogP contribution in [0.25, 0.3) is 5.65 Å². The van der Waals surface area contributed by atoms with Crippen LogP contribution in [0.1, 0.15) is 24.7 Å². The average molecular weight is 539 g/mol. The minimum Gasteiger partial charge on any atom is -0.382 e. The van der Waals surface area contributed by atoms with Crippen molar-refractivity contribution in [3.05, 3.63) is 70.2 Å². The highest BCUT2D eigenvalue weighted by Crippen LogP contribution is 2.12. The third-order valence-corrected chi connectivity index (χ3v) is 4.33. The van der Waals surface area contributed by atoms with E-state index in [1.165, 1.54) is 12.1 Å². The molecule has 166 valence electrons. The molecule has 0 radical (unpaired) electrons. The summed E-state index contributed by atoms with van der Waals surface area (Å²) in [6.45, 7) is 4.87. The normalized spacial score (nSPS) is 11.2. The summed E-state index contributed by atoms with van der Waals surface area (Å²) in [6, 6.07) is 12.1. The Kier molecular flexibility index (Phi) is 10.1. The summed E-state index contributed by atoms with van der Waals surface area (Å²) in [4.78, 5) is 15.0. The highest BCUT2D eigenvalue weighted by atomic mass is 127. The van der Waals surface area contributed by atoms with E-state index in [1.54, 1.807) is 12.1 Å². The summed E-state index contributed by atoms with van der Waals surface area (Å²) in [7, 11) is 0. The molecule has 0 bridgehead atoms. The summed E-state index contributed by atoms with van der Waals surface area (Å²) in [6.07, 6.45) is 2.76. The number of hydrogen-bond donors (Lipinski definition) is 2. The van der Waals surface area contributed by atoms with E-state index < -0.39 is 4.92 Å². The highest BCUT2D eigenvalue weighted by molar-refractivity contribution is 14.0. The van der Waals surface area contributed by atoms with Crippen LogP contribution in [-0.2, 0) is 17.8 Å². The van der Waals surface area contributed by atoms with Gasteiger partial charge in [0.05, 0.1) is 18.0 Å². The first-order valence-electron chi connectivity index (χ1n) is 9.79. The number of ether oxygens (including phenoxy) is 1. The summed E-state index contributed by atoms with van der Waals surface area (Å²) in [5.41, 5.74) is 1.72. The Balaban J connectivity index is 0.00000341. The lowest BCUT2D eigenvalue weighted by Crippen LogP contribution is -2.38. The molecule has 31 heavy (non-hydrogen) atoms. The summed E-state index contributed by atoms with van der Waals surface area (Å²) in [5, 5.41) is 25.7. The Hall–Kier alpha value is -2.80. The maximum Gasteiger partial charge on any atom is 0.269 e. The van der Waals surface area contributed by atoms with Crippen molar-refractivity contribution in [3.8, 4) is 0 Å². The van der Waals surface area contributed by atoms with Gasteiger partial charge in [-0.3, -0.25) is 14.5 Å². The molecular weight excluding hydrogens is 513 g/mol. The highest BCUT2D eigenvalue weighted by Gasteiger charge is 2.07. The smallest absolute Gasteiger partial charge is 0.269 e. The van der Waals surface area contributed by atoms with E-state index in [-0.39, 0.29) is 29.7 Å². The van der Waals surface area contributed by atoms with Gasteiger partial charge in [0.25, 0.3) is 5.69 Å². The van der Waals surface area contributed by atoms with E-state index in [2.05, 4.69) is 25.8 Å². The van der Waals surface area contributed by atoms with Crippen LogP contribution >= 0.6 is 24.0 Å². The number of benzene rings is 1. The molecule has 0 unspecified atom stereocenters.